The average molecular weight is 617 g/mol. The van der Waals surface area contributed by atoms with Gasteiger partial charge in [-0.05, 0) is 51.4 Å². The lowest BCUT2D eigenvalue weighted by Crippen LogP contribution is -2.27. The molecule has 0 rings (SSSR count). The van der Waals surface area contributed by atoms with Crippen molar-refractivity contribution in [1.29, 1.82) is 0 Å². The van der Waals surface area contributed by atoms with Crippen LogP contribution in [-0.2, 0) is 14.3 Å². The quantitative estimate of drug-likeness (QED) is 0.0444. The standard InChI is InChI=1S/C40H72O4/c1-3-5-7-9-11-12-13-14-15-16-17-18-19-20-21-22-23-24-25-26-27-28-29-31-33-35-40(42)44-39(37-41)38-43-36-34-32-30-10-8-6-4-2/h5,7,11-12,14-15,17-18,39,41H,3-4,6,8-10,13,16,19-38H2,1-2H3/b7-5-,12-11-,15-14-,18-17-. The van der Waals surface area contributed by atoms with Crippen molar-refractivity contribution in [1.82, 2.24) is 0 Å². The summed E-state index contributed by atoms with van der Waals surface area (Å²) in [5.41, 5.74) is 0. The molecule has 0 saturated carbocycles. The van der Waals surface area contributed by atoms with Gasteiger partial charge in [0.1, 0.15) is 6.10 Å². The highest BCUT2D eigenvalue weighted by Gasteiger charge is 2.13. The van der Waals surface area contributed by atoms with E-state index in [1.807, 2.05) is 0 Å². The van der Waals surface area contributed by atoms with Crippen LogP contribution in [0, 0.1) is 0 Å². The molecule has 0 aromatic carbocycles. The lowest BCUT2D eigenvalue weighted by molar-refractivity contribution is -0.154. The first kappa shape index (κ1) is 42.3. The molecular formula is C40H72O4. The van der Waals surface area contributed by atoms with Crippen molar-refractivity contribution in [3.05, 3.63) is 48.6 Å². The van der Waals surface area contributed by atoms with Gasteiger partial charge < -0.3 is 14.6 Å². The minimum Gasteiger partial charge on any atom is -0.457 e. The summed E-state index contributed by atoms with van der Waals surface area (Å²) in [5.74, 6) is -0.206. The zero-order valence-electron chi connectivity index (χ0n) is 29.2. The molecular weight excluding hydrogens is 544 g/mol. The van der Waals surface area contributed by atoms with Gasteiger partial charge in [0.25, 0.3) is 0 Å². The zero-order chi connectivity index (χ0) is 32.0. The molecule has 0 amide bonds. The number of rotatable bonds is 34. The van der Waals surface area contributed by atoms with Crippen molar-refractivity contribution in [2.75, 3.05) is 19.8 Å². The topological polar surface area (TPSA) is 55.8 Å². The minimum absolute atomic E-state index is 0.172. The molecule has 0 spiro atoms. The summed E-state index contributed by atoms with van der Waals surface area (Å²) in [6.07, 6.45) is 47.4. The van der Waals surface area contributed by atoms with Gasteiger partial charge in [-0.1, -0.05) is 165 Å². The van der Waals surface area contributed by atoms with Crippen LogP contribution in [0.1, 0.15) is 174 Å². The van der Waals surface area contributed by atoms with Crippen LogP contribution in [-0.4, -0.2) is 37.0 Å². The smallest absolute Gasteiger partial charge is 0.306 e. The first-order chi connectivity index (χ1) is 21.7. The Kier molecular flexibility index (Phi) is 36.1. The van der Waals surface area contributed by atoms with Gasteiger partial charge in [0, 0.05) is 13.0 Å². The van der Waals surface area contributed by atoms with E-state index < -0.39 is 6.10 Å². The summed E-state index contributed by atoms with van der Waals surface area (Å²) in [7, 11) is 0. The second-order valence-corrected chi connectivity index (χ2v) is 12.3. The van der Waals surface area contributed by atoms with Gasteiger partial charge in [-0.3, -0.25) is 4.79 Å². The SMILES string of the molecule is CC/C=C\C/C=C\C/C=C\C/C=C\CCCCCCCCCCCCCCC(=O)OC(CO)COCCCCCCCCC. The number of aliphatic hydroxyl groups is 1. The van der Waals surface area contributed by atoms with Crippen LogP contribution < -0.4 is 0 Å². The normalized spacial score (nSPS) is 12.9. The first-order valence-corrected chi connectivity index (χ1v) is 18.7. The predicted octanol–water partition coefficient (Wildman–Crippen LogP) is 11.9. The number of carbonyl (C=O) groups is 1. The summed E-state index contributed by atoms with van der Waals surface area (Å²) in [4.78, 5) is 12.1. The van der Waals surface area contributed by atoms with Crippen LogP contribution in [0.15, 0.2) is 48.6 Å². The summed E-state index contributed by atoms with van der Waals surface area (Å²) in [6.45, 7) is 5.20. The van der Waals surface area contributed by atoms with Gasteiger partial charge in [0.2, 0.25) is 0 Å². The van der Waals surface area contributed by atoms with Crippen LogP contribution in [0.5, 0.6) is 0 Å². The van der Waals surface area contributed by atoms with Gasteiger partial charge in [0.15, 0.2) is 0 Å². The molecule has 0 aromatic rings. The number of unbranched alkanes of at least 4 members (excludes halogenated alkanes) is 18. The number of aliphatic hydroxyl groups excluding tert-OH is 1. The highest BCUT2D eigenvalue weighted by atomic mass is 16.6. The van der Waals surface area contributed by atoms with Crippen molar-refractivity contribution in [3.63, 3.8) is 0 Å². The highest BCUT2D eigenvalue weighted by molar-refractivity contribution is 5.69. The fourth-order valence-electron chi connectivity index (χ4n) is 5.14. The molecule has 1 unspecified atom stereocenters. The third kappa shape index (κ3) is 34.8. The molecule has 44 heavy (non-hydrogen) atoms. The highest BCUT2D eigenvalue weighted by Crippen LogP contribution is 2.14. The summed E-state index contributed by atoms with van der Waals surface area (Å²) >= 11 is 0. The van der Waals surface area contributed by atoms with Crippen LogP contribution in [0.4, 0.5) is 0 Å². The van der Waals surface area contributed by atoms with Gasteiger partial charge in [-0.25, -0.2) is 0 Å². The molecule has 0 fully saturated rings. The van der Waals surface area contributed by atoms with Crippen molar-refractivity contribution in [2.45, 2.75) is 180 Å². The van der Waals surface area contributed by atoms with E-state index in [0.717, 1.165) is 44.9 Å². The van der Waals surface area contributed by atoms with Gasteiger partial charge in [-0.15, -0.1) is 0 Å². The Hall–Kier alpha value is -1.65. The van der Waals surface area contributed by atoms with E-state index >= 15 is 0 Å². The number of hydrogen-bond donors (Lipinski definition) is 1. The molecule has 0 aliphatic heterocycles. The summed E-state index contributed by atoms with van der Waals surface area (Å²) in [5, 5.41) is 9.50. The van der Waals surface area contributed by atoms with Gasteiger partial charge in [-0.2, -0.15) is 0 Å². The molecule has 4 nitrogen and oxygen atoms in total. The molecule has 0 radical (unpaired) electrons. The molecule has 0 aliphatic rings. The second-order valence-electron chi connectivity index (χ2n) is 12.3. The van der Waals surface area contributed by atoms with Crippen LogP contribution in [0.25, 0.3) is 0 Å². The van der Waals surface area contributed by atoms with E-state index in [0.29, 0.717) is 19.6 Å². The number of carbonyl (C=O) groups excluding carboxylic acids is 1. The Morgan fingerprint density at radius 1 is 0.568 bits per heavy atom. The largest absolute Gasteiger partial charge is 0.457 e. The van der Waals surface area contributed by atoms with E-state index in [4.69, 9.17) is 9.47 Å². The lowest BCUT2D eigenvalue weighted by Gasteiger charge is -2.15. The maximum absolute atomic E-state index is 12.1. The molecule has 1 N–H and O–H groups in total. The summed E-state index contributed by atoms with van der Waals surface area (Å²) in [6, 6.07) is 0. The monoisotopic (exact) mass is 617 g/mol. The number of allylic oxidation sites excluding steroid dienone is 8. The van der Waals surface area contributed by atoms with Gasteiger partial charge >= 0.3 is 5.97 Å². The maximum atomic E-state index is 12.1. The van der Waals surface area contributed by atoms with Crippen LogP contribution in [0.3, 0.4) is 0 Å². The van der Waals surface area contributed by atoms with Gasteiger partial charge in [0.05, 0.1) is 13.2 Å². The zero-order valence-corrected chi connectivity index (χ0v) is 29.2. The second kappa shape index (κ2) is 37.5. The Morgan fingerprint density at radius 2 is 1.02 bits per heavy atom. The Labute approximate surface area is 273 Å². The molecule has 0 saturated heterocycles. The van der Waals surface area contributed by atoms with E-state index in [9.17, 15) is 9.90 Å². The third-order valence-electron chi connectivity index (χ3n) is 7.92. The Morgan fingerprint density at radius 3 is 1.55 bits per heavy atom. The first-order valence-electron chi connectivity index (χ1n) is 18.7. The molecule has 0 heterocycles. The van der Waals surface area contributed by atoms with E-state index in [2.05, 4.69) is 62.5 Å². The number of hydrogen-bond acceptors (Lipinski definition) is 4. The molecule has 0 bridgehead atoms. The fraction of sp³-hybridized carbons (Fsp3) is 0.775. The van der Waals surface area contributed by atoms with Crippen molar-refractivity contribution in [3.8, 4) is 0 Å². The molecule has 0 aromatic heterocycles. The lowest BCUT2D eigenvalue weighted by atomic mass is 10.0. The van der Waals surface area contributed by atoms with Crippen molar-refractivity contribution < 1.29 is 19.4 Å². The fourth-order valence-corrected chi connectivity index (χ4v) is 5.14. The third-order valence-corrected chi connectivity index (χ3v) is 7.92. The van der Waals surface area contributed by atoms with Crippen LogP contribution in [0.2, 0.25) is 0 Å². The Balaban J connectivity index is 3.41. The van der Waals surface area contributed by atoms with E-state index in [-0.39, 0.29) is 12.6 Å². The number of esters is 1. The Bertz CT molecular complexity index is 693. The molecule has 4 heteroatoms. The van der Waals surface area contributed by atoms with E-state index in [1.165, 1.54) is 109 Å². The van der Waals surface area contributed by atoms with Crippen LogP contribution >= 0.6 is 0 Å². The van der Waals surface area contributed by atoms with E-state index in [1.54, 1.807) is 0 Å². The molecule has 1 atom stereocenters. The predicted molar refractivity (Wildman–Crippen MR) is 191 cm³/mol. The molecule has 256 valence electrons. The maximum Gasteiger partial charge on any atom is 0.306 e. The molecule has 0 aliphatic carbocycles. The summed E-state index contributed by atoms with van der Waals surface area (Å²) < 4.78 is 11.0. The van der Waals surface area contributed by atoms with Crippen molar-refractivity contribution in [2.24, 2.45) is 0 Å². The minimum atomic E-state index is -0.530. The van der Waals surface area contributed by atoms with Crippen molar-refractivity contribution >= 4 is 5.97 Å². The average Bonchev–Trinajstić information content (AvgIpc) is 3.03. The number of ether oxygens (including phenoxy) is 2.